The maximum Gasteiger partial charge on any atom is 0.345 e. The van der Waals surface area contributed by atoms with Crippen molar-refractivity contribution in [1.29, 1.82) is 0 Å². The minimum absolute atomic E-state index is 0.316. The molecular formula is C15H13NO4. The van der Waals surface area contributed by atoms with Crippen molar-refractivity contribution in [1.82, 2.24) is 4.98 Å². The van der Waals surface area contributed by atoms with Gasteiger partial charge in [0.05, 0.1) is 17.7 Å². The standard InChI is InChI=1S/C15H13NO4/c1-2-19-14(17)11-5-7-13(8-6-11)20-15(18)12-4-3-9-16-10-12/h3-10H,2H2,1H3. The van der Waals surface area contributed by atoms with Crippen LogP contribution in [0.5, 0.6) is 5.75 Å². The quantitative estimate of drug-likeness (QED) is 0.631. The Bertz CT molecular complexity index is 593. The molecule has 0 spiro atoms. The molecule has 2 aromatic rings. The molecule has 0 aliphatic carbocycles. The summed E-state index contributed by atoms with van der Waals surface area (Å²) in [5, 5.41) is 0. The van der Waals surface area contributed by atoms with Crippen LogP contribution in [0, 0.1) is 0 Å². The summed E-state index contributed by atoms with van der Waals surface area (Å²) < 4.78 is 10.0. The summed E-state index contributed by atoms with van der Waals surface area (Å²) in [4.78, 5) is 27.1. The summed E-state index contributed by atoms with van der Waals surface area (Å²) in [6.07, 6.45) is 3.00. The van der Waals surface area contributed by atoms with Gasteiger partial charge in [-0.25, -0.2) is 9.59 Å². The minimum atomic E-state index is -0.498. The fourth-order valence-corrected chi connectivity index (χ4v) is 1.52. The monoisotopic (exact) mass is 271 g/mol. The summed E-state index contributed by atoms with van der Waals surface area (Å²) in [7, 11) is 0. The van der Waals surface area contributed by atoms with E-state index >= 15 is 0 Å². The second-order valence-corrected chi connectivity index (χ2v) is 3.88. The van der Waals surface area contributed by atoms with Crippen molar-refractivity contribution in [3.05, 3.63) is 59.9 Å². The van der Waals surface area contributed by atoms with Crippen LogP contribution in [-0.2, 0) is 4.74 Å². The molecular weight excluding hydrogens is 258 g/mol. The Morgan fingerprint density at radius 2 is 1.80 bits per heavy atom. The zero-order valence-electron chi connectivity index (χ0n) is 10.9. The molecule has 0 radical (unpaired) electrons. The number of nitrogens with zero attached hydrogens (tertiary/aromatic N) is 1. The van der Waals surface area contributed by atoms with Crippen molar-refractivity contribution in [3.8, 4) is 5.75 Å². The molecule has 0 amide bonds. The van der Waals surface area contributed by atoms with Crippen LogP contribution >= 0.6 is 0 Å². The highest BCUT2D eigenvalue weighted by molar-refractivity contribution is 5.91. The van der Waals surface area contributed by atoms with Crippen LogP contribution < -0.4 is 4.74 Å². The summed E-state index contributed by atoms with van der Waals surface area (Å²) in [5.41, 5.74) is 0.773. The van der Waals surface area contributed by atoms with Gasteiger partial charge in [0.2, 0.25) is 0 Å². The van der Waals surface area contributed by atoms with Crippen LogP contribution in [0.2, 0.25) is 0 Å². The van der Waals surface area contributed by atoms with Crippen molar-refractivity contribution in [2.24, 2.45) is 0 Å². The van der Waals surface area contributed by atoms with Gasteiger partial charge in [-0.05, 0) is 43.3 Å². The number of rotatable bonds is 4. The van der Waals surface area contributed by atoms with Crippen molar-refractivity contribution < 1.29 is 19.1 Å². The molecule has 0 fully saturated rings. The van der Waals surface area contributed by atoms with Gasteiger partial charge >= 0.3 is 11.9 Å². The highest BCUT2D eigenvalue weighted by Gasteiger charge is 2.10. The largest absolute Gasteiger partial charge is 0.462 e. The summed E-state index contributed by atoms with van der Waals surface area (Å²) in [6, 6.07) is 9.44. The van der Waals surface area contributed by atoms with Crippen LogP contribution in [-0.4, -0.2) is 23.5 Å². The first-order chi connectivity index (χ1) is 9.70. The van der Waals surface area contributed by atoms with Gasteiger partial charge in [0.25, 0.3) is 0 Å². The van der Waals surface area contributed by atoms with Gasteiger partial charge in [0.1, 0.15) is 5.75 Å². The zero-order chi connectivity index (χ0) is 14.4. The van der Waals surface area contributed by atoms with Crippen LogP contribution in [0.4, 0.5) is 0 Å². The normalized spacial score (nSPS) is 9.85. The average molecular weight is 271 g/mol. The molecule has 1 heterocycles. The van der Waals surface area contributed by atoms with Crippen LogP contribution in [0.1, 0.15) is 27.6 Å². The van der Waals surface area contributed by atoms with E-state index in [9.17, 15) is 9.59 Å². The first-order valence-corrected chi connectivity index (χ1v) is 6.10. The first-order valence-electron chi connectivity index (χ1n) is 6.10. The highest BCUT2D eigenvalue weighted by atomic mass is 16.5. The van der Waals surface area contributed by atoms with Gasteiger partial charge in [-0.15, -0.1) is 0 Å². The minimum Gasteiger partial charge on any atom is -0.462 e. The second kappa shape index (κ2) is 6.47. The molecule has 0 aliphatic rings. The molecule has 5 nitrogen and oxygen atoms in total. The Hall–Kier alpha value is -2.69. The molecule has 2 rings (SSSR count). The van der Waals surface area contributed by atoms with Crippen LogP contribution in [0.15, 0.2) is 48.8 Å². The lowest BCUT2D eigenvalue weighted by molar-refractivity contribution is 0.0526. The number of benzene rings is 1. The molecule has 0 aliphatic heterocycles. The van der Waals surface area contributed by atoms with Gasteiger partial charge in [-0.3, -0.25) is 4.98 Å². The predicted molar refractivity (Wildman–Crippen MR) is 71.6 cm³/mol. The molecule has 0 atom stereocenters. The molecule has 0 bridgehead atoms. The number of carbonyl (C=O) groups excluding carboxylic acids is 2. The lowest BCUT2D eigenvalue weighted by Crippen LogP contribution is -2.09. The summed E-state index contributed by atoms with van der Waals surface area (Å²) in [5.74, 6) is -0.550. The number of ether oxygens (including phenoxy) is 2. The van der Waals surface area contributed by atoms with E-state index in [1.165, 1.54) is 6.20 Å². The van der Waals surface area contributed by atoms with Gasteiger partial charge in [0, 0.05) is 12.4 Å². The van der Waals surface area contributed by atoms with Crippen LogP contribution in [0.25, 0.3) is 0 Å². The Morgan fingerprint density at radius 1 is 1.05 bits per heavy atom. The summed E-state index contributed by atoms with van der Waals surface area (Å²) >= 11 is 0. The Kier molecular flexibility index (Phi) is 4.44. The van der Waals surface area contributed by atoms with E-state index in [4.69, 9.17) is 9.47 Å². The Labute approximate surface area is 116 Å². The smallest absolute Gasteiger partial charge is 0.345 e. The number of pyridine rings is 1. The Morgan fingerprint density at radius 3 is 2.40 bits per heavy atom. The third-order valence-corrected chi connectivity index (χ3v) is 2.47. The molecule has 1 aromatic carbocycles. The van der Waals surface area contributed by atoms with Gasteiger partial charge in [-0.1, -0.05) is 0 Å². The van der Waals surface area contributed by atoms with Gasteiger partial charge in [-0.2, -0.15) is 0 Å². The molecule has 102 valence electrons. The topological polar surface area (TPSA) is 65.5 Å². The lowest BCUT2D eigenvalue weighted by atomic mass is 10.2. The van der Waals surface area contributed by atoms with E-state index in [0.29, 0.717) is 23.5 Å². The molecule has 0 N–H and O–H groups in total. The van der Waals surface area contributed by atoms with E-state index in [1.54, 1.807) is 49.5 Å². The number of hydrogen-bond donors (Lipinski definition) is 0. The third-order valence-electron chi connectivity index (χ3n) is 2.47. The zero-order valence-corrected chi connectivity index (χ0v) is 10.9. The number of carbonyl (C=O) groups is 2. The van der Waals surface area contributed by atoms with E-state index in [-0.39, 0.29) is 0 Å². The van der Waals surface area contributed by atoms with E-state index in [1.807, 2.05) is 0 Å². The predicted octanol–water partition coefficient (Wildman–Crippen LogP) is 2.48. The first kappa shape index (κ1) is 13.7. The molecule has 0 unspecified atom stereocenters. The van der Waals surface area contributed by atoms with Crippen molar-refractivity contribution in [2.75, 3.05) is 6.61 Å². The number of esters is 2. The maximum absolute atomic E-state index is 11.8. The fraction of sp³-hybridized carbons (Fsp3) is 0.133. The van der Waals surface area contributed by atoms with Crippen LogP contribution in [0.3, 0.4) is 0 Å². The molecule has 20 heavy (non-hydrogen) atoms. The summed E-state index contributed by atoms with van der Waals surface area (Å²) in [6.45, 7) is 2.05. The average Bonchev–Trinajstić information content (AvgIpc) is 2.49. The highest BCUT2D eigenvalue weighted by Crippen LogP contribution is 2.14. The molecule has 5 heteroatoms. The molecule has 1 aromatic heterocycles. The second-order valence-electron chi connectivity index (χ2n) is 3.88. The Balaban J connectivity index is 2.04. The van der Waals surface area contributed by atoms with Gasteiger partial charge in [0.15, 0.2) is 0 Å². The van der Waals surface area contributed by atoms with E-state index < -0.39 is 11.9 Å². The fourth-order valence-electron chi connectivity index (χ4n) is 1.52. The van der Waals surface area contributed by atoms with Crippen molar-refractivity contribution in [3.63, 3.8) is 0 Å². The van der Waals surface area contributed by atoms with E-state index in [2.05, 4.69) is 4.98 Å². The lowest BCUT2D eigenvalue weighted by Gasteiger charge is -2.05. The SMILES string of the molecule is CCOC(=O)c1ccc(OC(=O)c2cccnc2)cc1. The third kappa shape index (κ3) is 3.41. The van der Waals surface area contributed by atoms with Crippen molar-refractivity contribution >= 4 is 11.9 Å². The molecule has 0 saturated heterocycles. The maximum atomic E-state index is 11.8. The number of hydrogen-bond acceptors (Lipinski definition) is 5. The van der Waals surface area contributed by atoms with Gasteiger partial charge < -0.3 is 9.47 Å². The molecule has 0 saturated carbocycles. The van der Waals surface area contributed by atoms with Crippen molar-refractivity contribution in [2.45, 2.75) is 6.92 Å². The number of aromatic nitrogens is 1. The van der Waals surface area contributed by atoms with E-state index in [0.717, 1.165) is 0 Å².